The lowest BCUT2D eigenvalue weighted by atomic mass is 9.62. The number of hydrogen-bond donors (Lipinski definition) is 7. The molecule has 10 unspecified atom stereocenters. The molecule has 10 atom stereocenters. The Morgan fingerprint density at radius 1 is 1.00 bits per heavy atom. The van der Waals surface area contributed by atoms with Gasteiger partial charge in [-0.25, -0.2) is 4.79 Å². The number of rotatable bonds is 6. The number of ether oxygens (including phenoxy) is 4. The third-order valence-corrected chi connectivity index (χ3v) is 8.44. The number of carboxylic acids is 1. The van der Waals surface area contributed by atoms with Gasteiger partial charge in [0.2, 0.25) is 0 Å². The van der Waals surface area contributed by atoms with Gasteiger partial charge in [-0.05, 0) is 55.5 Å². The van der Waals surface area contributed by atoms with Crippen molar-refractivity contribution in [3.63, 3.8) is 0 Å². The van der Waals surface area contributed by atoms with E-state index in [4.69, 9.17) is 18.9 Å². The van der Waals surface area contributed by atoms with Gasteiger partial charge in [-0.1, -0.05) is 0 Å². The van der Waals surface area contributed by atoms with Crippen molar-refractivity contribution in [1.82, 2.24) is 5.32 Å². The summed E-state index contributed by atoms with van der Waals surface area (Å²) in [6, 6.07) is 0. The molecular formula is C21H39NO11. The highest BCUT2D eigenvalue weighted by atomic mass is 16.7. The Bertz CT molecular complexity index is 773. The predicted octanol–water partition coefficient (Wildman–Crippen LogP) is -1.69. The van der Waals surface area contributed by atoms with Crippen LogP contribution in [0.1, 0.15) is 48.5 Å². The molecule has 194 valence electrons. The molecule has 2 aliphatic heterocycles. The van der Waals surface area contributed by atoms with Crippen LogP contribution in [0.5, 0.6) is 0 Å². The Kier molecular flexibility index (Phi) is 6.91. The molecule has 0 radical (unpaired) electrons. The van der Waals surface area contributed by atoms with E-state index in [0.717, 1.165) is 20.8 Å². The molecule has 7 N–H and O–H groups in total. The second kappa shape index (κ2) is 8.05. The average Bonchev–Trinajstić information content (AvgIpc) is 2.70. The van der Waals surface area contributed by atoms with Crippen LogP contribution in [0.25, 0.3) is 0 Å². The molecular weight excluding hydrogens is 442 g/mol. The Hall–Kier alpha value is -0.930. The molecule has 2 aliphatic rings. The van der Waals surface area contributed by atoms with Crippen LogP contribution in [0.4, 0.5) is 0 Å². The van der Waals surface area contributed by atoms with Gasteiger partial charge in [-0.3, -0.25) is 0 Å². The molecule has 12 nitrogen and oxygen atoms in total. The fourth-order valence-corrected chi connectivity index (χ4v) is 4.98. The van der Waals surface area contributed by atoms with Crippen LogP contribution in [-0.2, 0) is 23.7 Å². The summed E-state index contributed by atoms with van der Waals surface area (Å²) in [7, 11) is 2.85. The molecule has 2 saturated heterocycles. The van der Waals surface area contributed by atoms with E-state index in [0.29, 0.717) is 0 Å². The highest BCUT2D eigenvalue weighted by molar-refractivity contribution is 5.79. The SMILES string of the molecule is CNC1(C)C(OC2(C)C(C)(C(=O)O)OC(O)C(C)(O)C2(C)O)OC(C)(CO)C(OC)C1(C)O. The van der Waals surface area contributed by atoms with Crippen LogP contribution < -0.4 is 5.32 Å². The number of aliphatic carboxylic acids is 1. The van der Waals surface area contributed by atoms with Gasteiger partial charge in [-0.15, -0.1) is 0 Å². The van der Waals surface area contributed by atoms with Crippen LogP contribution in [-0.4, -0.2) is 115 Å². The lowest BCUT2D eigenvalue weighted by Gasteiger charge is -2.65. The van der Waals surface area contributed by atoms with Gasteiger partial charge in [0.05, 0.1) is 12.1 Å². The number of aliphatic hydroxyl groups is 5. The summed E-state index contributed by atoms with van der Waals surface area (Å²) in [6.45, 7) is 8.34. The first kappa shape index (κ1) is 28.3. The average molecular weight is 482 g/mol. The number of carbonyl (C=O) groups is 1. The molecule has 2 fully saturated rings. The van der Waals surface area contributed by atoms with E-state index < -0.39 is 70.4 Å². The lowest BCUT2D eigenvalue weighted by Crippen LogP contribution is -2.86. The summed E-state index contributed by atoms with van der Waals surface area (Å²) in [4.78, 5) is 12.3. The molecule has 0 spiro atoms. The fraction of sp³-hybridized carbons (Fsp3) is 0.952. The number of nitrogens with one attached hydrogen (secondary N) is 1. The van der Waals surface area contributed by atoms with Gasteiger partial charge in [0.1, 0.15) is 34.1 Å². The van der Waals surface area contributed by atoms with E-state index in [2.05, 4.69) is 5.32 Å². The van der Waals surface area contributed by atoms with Gasteiger partial charge < -0.3 is 54.9 Å². The Balaban J connectivity index is 2.75. The Labute approximate surface area is 193 Å². The molecule has 0 bridgehead atoms. The first-order valence-corrected chi connectivity index (χ1v) is 10.6. The summed E-state index contributed by atoms with van der Waals surface area (Å²) < 4.78 is 23.1. The van der Waals surface area contributed by atoms with Crippen molar-refractivity contribution in [3.8, 4) is 0 Å². The molecule has 2 rings (SSSR count). The summed E-state index contributed by atoms with van der Waals surface area (Å²) in [6.07, 6.45) is -4.65. The van der Waals surface area contributed by atoms with Crippen molar-refractivity contribution >= 4 is 5.97 Å². The molecule has 0 amide bonds. The van der Waals surface area contributed by atoms with Crippen molar-refractivity contribution in [3.05, 3.63) is 0 Å². The summed E-state index contributed by atoms with van der Waals surface area (Å²) in [5, 5.41) is 67.3. The molecule has 33 heavy (non-hydrogen) atoms. The highest BCUT2D eigenvalue weighted by Crippen LogP contribution is 2.54. The maximum atomic E-state index is 12.3. The zero-order chi connectivity index (χ0) is 26.1. The van der Waals surface area contributed by atoms with Crippen LogP contribution in [0, 0.1) is 0 Å². The van der Waals surface area contributed by atoms with E-state index in [1.165, 1.54) is 41.9 Å². The van der Waals surface area contributed by atoms with Crippen molar-refractivity contribution in [2.75, 3.05) is 20.8 Å². The predicted molar refractivity (Wildman–Crippen MR) is 113 cm³/mol. The standard InChI is InChI=1S/C21H39NO11/c1-15(10-23)11(30-9)17(3,27)16(2,22-8)14(32-15)33-21(7)19(5,12(24)25)31-13(26)18(4,28)20(21,6)29/h11,13-14,22-23,26-29H,10H2,1-9H3,(H,24,25). The lowest BCUT2D eigenvalue weighted by molar-refractivity contribution is -0.447. The van der Waals surface area contributed by atoms with Gasteiger partial charge in [0.25, 0.3) is 0 Å². The van der Waals surface area contributed by atoms with Crippen LogP contribution in [0.3, 0.4) is 0 Å². The molecule has 12 heteroatoms. The normalized spacial score (nSPS) is 55.4. The minimum absolute atomic E-state index is 0.600. The van der Waals surface area contributed by atoms with E-state index in [1.54, 1.807) is 0 Å². The van der Waals surface area contributed by atoms with Gasteiger partial charge >= 0.3 is 5.97 Å². The topological polar surface area (TPSA) is 187 Å². The number of carboxylic acid groups (broad SMARTS) is 1. The number of aliphatic hydroxyl groups excluding tert-OH is 2. The zero-order valence-electron chi connectivity index (χ0n) is 20.7. The number of likely N-dealkylation sites (N-methyl/N-ethyl adjacent to an activating group) is 1. The monoisotopic (exact) mass is 481 g/mol. The van der Waals surface area contributed by atoms with E-state index in [1.807, 2.05) is 0 Å². The third-order valence-electron chi connectivity index (χ3n) is 8.44. The van der Waals surface area contributed by atoms with E-state index >= 15 is 0 Å². The minimum atomic E-state index is -2.43. The molecule has 0 aromatic carbocycles. The maximum absolute atomic E-state index is 12.3. The zero-order valence-corrected chi connectivity index (χ0v) is 20.7. The van der Waals surface area contributed by atoms with Crippen molar-refractivity contribution in [1.29, 1.82) is 0 Å². The minimum Gasteiger partial charge on any atom is -0.479 e. The smallest absolute Gasteiger partial charge is 0.338 e. The van der Waals surface area contributed by atoms with Gasteiger partial charge in [-0.2, -0.15) is 0 Å². The molecule has 0 aromatic rings. The van der Waals surface area contributed by atoms with E-state index in [-0.39, 0.29) is 0 Å². The van der Waals surface area contributed by atoms with Crippen LogP contribution >= 0.6 is 0 Å². The maximum Gasteiger partial charge on any atom is 0.338 e. The van der Waals surface area contributed by atoms with Crippen LogP contribution in [0.15, 0.2) is 0 Å². The largest absolute Gasteiger partial charge is 0.479 e. The molecule has 0 aliphatic carbocycles. The second-order valence-electron chi connectivity index (χ2n) is 10.3. The summed E-state index contributed by atoms with van der Waals surface area (Å²) in [5.74, 6) is -1.59. The third kappa shape index (κ3) is 3.39. The van der Waals surface area contributed by atoms with Crippen LogP contribution in [0.2, 0.25) is 0 Å². The van der Waals surface area contributed by atoms with E-state index in [9.17, 15) is 35.4 Å². The highest BCUT2D eigenvalue weighted by Gasteiger charge is 2.76. The second-order valence-corrected chi connectivity index (χ2v) is 10.3. The van der Waals surface area contributed by atoms with Gasteiger partial charge in [0, 0.05) is 7.11 Å². The first-order valence-electron chi connectivity index (χ1n) is 10.6. The molecule has 2 heterocycles. The quantitative estimate of drug-likeness (QED) is 0.228. The van der Waals surface area contributed by atoms with Gasteiger partial charge in [0.15, 0.2) is 18.2 Å². The van der Waals surface area contributed by atoms with Crippen molar-refractivity contribution < 1.29 is 54.4 Å². The molecule has 0 saturated carbocycles. The van der Waals surface area contributed by atoms with Crippen molar-refractivity contribution in [2.24, 2.45) is 0 Å². The first-order chi connectivity index (χ1) is 14.7. The van der Waals surface area contributed by atoms with Crippen molar-refractivity contribution in [2.45, 2.75) is 106 Å². The Morgan fingerprint density at radius 2 is 1.52 bits per heavy atom. The summed E-state index contributed by atoms with van der Waals surface area (Å²) >= 11 is 0. The number of methoxy groups -OCH3 is 1. The summed E-state index contributed by atoms with van der Waals surface area (Å²) in [5.41, 5.74) is -14.3. The molecule has 0 aromatic heterocycles. The fourth-order valence-electron chi connectivity index (χ4n) is 4.98. The number of hydrogen-bond acceptors (Lipinski definition) is 11. The Morgan fingerprint density at radius 3 is 1.91 bits per heavy atom.